The Kier molecular flexibility index (Phi) is 2.20. The molecule has 0 aromatic carbocycles. The molecule has 1 aromatic rings. The molecule has 0 aliphatic heterocycles. The summed E-state index contributed by atoms with van der Waals surface area (Å²) in [6, 6.07) is 1.92. The maximum absolute atomic E-state index is 8.39. The fourth-order valence-corrected chi connectivity index (χ4v) is 0.562. The number of rotatable bonds is 0. The fraction of sp³-hybridized carbons (Fsp3) is 0.125. The van der Waals surface area contributed by atoms with Gasteiger partial charge in [-0.2, -0.15) is 5.26 Å². The van der Waals surface area contributed by atoms with Gasteiger partial charge in [0.2, 0.25) is 5.82 Å². The van der Waals surface area contributed by atoms with Crippen LogP contribution in [0.15, 0.2) is 12.4 Å². The zero-order valence-corrected chi connectivity index (χ0v) is 6.00. The molecule has 52 valence electrons. The molecule has 0 aliphatic carbocycles. The van der Waals surface area contributed by atoms with E-state index in [2.05, 4.69) is 21.8 Å². The van der Waals surface area contributed by atoms with Crippen LogP contribution in [0.5, 0.6) is 0 Å². The van der Waals surface area contributed by atoms with Crippen molar-refractivity contribution in [2.75, 3.05) is 0 Å². The highest BCUT2D eigenvalue weighted by atomic mass is 14.8. The van der Waals surface area contributed by atoms with E-state index in [0.29, 0.717) is 11.4 Å². The van der Waals surface area contributed by atoms with E-state index in [1.165, 1.54) is 12.4 Å². The number of hydrogen-bond donors (Lipinski definition) is 0. The third kappa shape index (κ3) is 1.77. The Labute approximate surface area is 64.7 Å². The van der Waals surface area contributed by atoms with Crippen molar-refractivity contribution in [2.45, 2.75) is 6.92 Å². The molecule has 0 atom stereocenters. The predicted octanol–water partition coefficient (Wildman–Crippen LogP) is 0.720. The summed E-state index contributed by atoms with van der Waals surface area (Å²) in [7, 11) is 0. The van der Waals surface area contributed by atoms with Crippen LogP contribution in [0.3, 0.4) is 0 Å². The summed E-state index contributed by atoms with van der Waals surface area (Å²) in [6.45, 7) is 1.71. The zero-order valence-electron chi connectivity index (χ0n) is 6.00. The Balaban J connectivity index is 3.00. The molecular weight excluding hydrogens is 138 g/mol. The molecule has 0 unspecified atom stereocenters. The lowest BCUT2D eigenvalue weighted by atomic mass is 10.4. The van der Waals surface area contributed by atoms with Crippen LogP contribution in [-0.2, 0) is 0 Å². The van der Waals surface area contributed by atoms with E-state index < -0.39 is 0 Å². The van der Waals surface area contributed by atoms with Gasteiger partial charge in [-0.1, -0.05) is 5.92 Å². The van der Waals surface area contributed by atoms with Crippen LogP contribution in [0.25, 0.3) is 0 Å². The molecule has 1 aromatic heterocycles. The van der Waals surface area contributed by atoms with Crippen molar-refractivity contribution in [3.8, 4) is 17.9 Å². The molecule has 0 N–H and O–H groups in total. The molecule has 1 rings (SSSR count). The molecule has 1 heterocycles. The van der Waals surface area contributed by atoms with Gasteiger partial charge < -0.3 is 0 Å². The monoisotopic (exact) mass is 143 g/mol. The number of aromatic nitrogens is 2. The van der Waals surface area contributed by atoms with Gasteiger partial charge in [-0.25, -0.2) is 9.97 Å². The van der Waals surface area contributed by atoms with Crippen LogP contribution in [0.4, 0.5) is 0 Å². The highest BCUT2D eigenvalue weighted by molar-refractivity contribution is 5.26. The van der Waals surface area contributed by atoms with Crippen LogP contribution in [0.1, 0.15) is 18.3 Å². The topological polar surface area (TPSA) is 49.6 Å². The number of nitrogens with zero attached hydrogens (tertiary/aromatic N) is 3. The van der Waals surface area contributed by atoms with E-state index >= 15 is 0 Å². The third-order valence-corrected chi connectivity index (χ3v) is 1.02. The SMILES string of the molecule is CC#Cc1ncc(C#N)cn1. The van der Waals surface area contributed by atoms with Gasteiger partial charge in [0.25, 0.3) is 0 Å². The Morgan fingerprint density at radius 2 is 2.00 bits per heavy atom. The van der Waals surface area contributed by atoms with Crippen molar-refractivity contribution in [1.82, 2.24) is 9.97 Å². The second-order valence-corrected chi connectivity index (χ2v) is 1.78. The standard InChI is InChI=1S/C8H5N3/c1-2-3-8-10-5-7(4-9)6-11-8/h5-6H,1H3. The first-order valence-corrected chi connectivity index (χ1v) is 3.01. The molecule has 0 spiro atoms. The van der Waals surface area contributed by atoms with Gasteiger partial charge in [-0.05, 0) is 12.8 Å². The van der Waals surface area contributed by atoms with E-state index in [1.807, 2.05) is 6.07 Å². The van der Waals surface area contributed by atoms with Crippen LogP contribution in [-0.4, -0.2) is 9.97 Å². The molecule has 0 saturated heterocycles. The molecule has 0 bridgehead atoms. The van der Waals surface area contributed by atoms with Gasteiger partial charge >= 0.3 is 0 Å². The highest BCUT2D eigenvalue weighted by Gasteiger charge is 1.90. The van der Waals surface area contributed by atoms with Crippen LogP contribution in [0, 0.1) is 23.2 Å². The van der Waals surface area contributed by atoms with Crippen LogP contribution >= 0.6 is 0 Å². The largest absolute Gasteiger partial charge is 0.228 e. The molecule has 0 fully saturated rings. The minimum absolute atomic E-state index is 0.450. The summed E-state index contributed by atoms with van der Waals surface area (Å²) in [4.78, 5) is 7.66. The highest BCUT2D eigenvalue weighted by Crippen LogP contribution is 1.91. The molecule has 0 amide bonds. The van der Waals surface area contributed by atoms with Crippen molar-refractivity contribution in [3.63, 3.8) is 0 Å². The van der Waals surface area contributed by atoms with Gasteiger partial charge in [0.1, 0.15) is 6.07 Å². The molecular formula is C8H5N3. The first-order chi connectivity index (χ1) is 5.36. The predicted molar refractivity (Wildman–Crippen MR) is 39.3 cm³/mol. The van der Waals surface area contributed by atoms with E-state index in [0.717, 1.165) is 0 Å². The minimum atomic E-state index is 0.450. The average Bonchev–Trinajstić information content (AvgIpc) is 2.07. The molecule has 3 nitrogen and oxygen atoms in total. The van der Waals surface area contributed by atoms with E-state index in [4.69, 9.17) is 5.26 Å². The first-order valence-electron chi connectivity index (χ1n) is 3.01. The average molecular weight is 143 g/mol. The maximum Gasteiger partial charge on any atom is 0.204 e. The second-order valence-electron chi connectivity index (χ2n) is 1.78. The molecule has 11 heavy (non-hydrogen) atoms. The number of hydrogen-bond acceptors (Lipinski definition) is 3. The molecule has 0 saturated carbocycles. The smallest absolute Gasteiger partial charge is 0.204 e. The molecule has 3 heteroatoms. The normalized spacial score (nSPS) is 7.64. The lowest BCUT2D eigenvalue weighted by Gasteiger charge is -1.86. The maximum atomic E-state index is 8.39. The van der Waals surface area contributed by atoms with Gasteiger partial charge in [0.05, 0.1) is 5.56 Å². The van der Waals surface area contributed by atoms with Crippen molar-refractivity contribution < 1.29 is 0 Å². The lowest BCUT2D eigenvalue weighted by molar-refractivity contribution is 1.11. The van der Waals surface area contributed by atoms with E-state index in [-0.39, 0.29) is 0 Å². The van der Waals surface area contributed by atoms with Gasteiger partial charge in [-0.3, -0.25) is 0 Å². The van der Waals surface area contributed by atoms with E-state index in [9.17, 15) is 0 Å². The van der Waals surface area contributed by atoms with Crippen molar-refractivity contribution in [3.05, 3.63) is 23.8 Å². The third-order valence-electron chi connectivity index (χ3n) is 1.02. The van der Waals surface area contributed by atoms with Crippen LogP contribution < -0.4 is 0 Å². The first kappa shape index (κ1) is 7.24. The molecule has 0 aliphatic rings. The van der Waals surface area contributed by atoms with Gasteiger partial charge in [-0.15, -0.1) is 0 Å². The minimum Gasteiger partial charge on any atom is -0.228 e. The quantitative estimate of drug-likeness (QED) is 0.503. The summed E-state index contributed by atoms with van der Waals surface area (Å²) in [6.07, 6.45) is 2.90. The van der Waals surface area contributed by atoms with Crippen molar-refractivity contribution in [1.29, 1.82) is 5.26 Å². The summed E-state index contributed by atoms with van der Waals surface area (Å²) in [5, 5.41) is 8.39. The Morgan fingerprint density at radius 1 is 1.36 bits per heavy atom. The van der Waals surface area contributed by atoms with Crippen molar-refractivity contribution in [2.24, 2.45) is 0 Å². The lowest BCUT2D eigenvalue weighted by Crippen LogP contribution is -1.88. The van der Waals surface area contributed by atoms with Crippen molar-refractivity contribution >= 4 is 0 Å². The Hall–Kier alpha value is -1.87. The van der Waals surface area contributed by atoms with Gasteiger partial charge in [0, 0.05) is 12.4 Å². The second kappa shape index (κ2) is 3.34. The summed E-state index contributed by atoms with van der Waals surface area (Å²) >= 11 is 0. The van der Waals surface area contributed by atoms with Crippen LogP contribution in [0.2, 0.25) is 0 Å². The summed E-state index contributed by atoms with van der Waals surface area (Å²) in [5.74, 6) is 5.79. The van der Waals surface area contributed by atoms with Gasteiger partial charge in [0.15, 0.2) is 0 Å². The zero-order chi connectivity index (χ0) is 8.10. The summed E-state index contributed by atoms with van der Waals surface area (Å²) in [5.41, 5.74) is 0.451. The Bertz CT molecular complexity index is 334. The Morgan fingerprint density at radius 3 is 2.45 bits per heavy atom. The van der Waals surface area contributed by atoms with E-state index in [1.54, 1.807) is 6.92 Å². The number of nitriles is 1. The summed E-state index contributed by atoms with van der Waals surface area (Å²) < 4.78 is 0. The fourth-order valence-electron chi connectivity index (χ4n) is 0.562. The molecule has 0 radical (unpaired) electrons.